The number of carbonyl (C=O) groups is 1. The second kappa shape index (κ2) is 12.1. The third-order valence-electron chi connectivity index (χ3n) is 5.97. The molecule has 0 saturated heterocycles. The number of carbonyl (C=O) groups excluding carboxylic acids is 1. The van der Waals surface area contributed by atoms with Crippen molar-refractivity contribution in [2.24, 2.45) is 0 Å². The molecule has 0 radical (unpaired) electrons. The van der Waals surface area contributed by atoms with Gasteiger partial charge in [-0.3, -0.25) is 0 Å². The van der Waals surface area contributed by atoms with Crippen LogP contribution in [0, 0.1) is 0 Å². The lowest BCUT2D eigenvalue weighted by molar-refractivity contribution is 0.207. The number of nitrogens with zero attached hydrogens (tertiary/aromatic N) is 3. The maximum atomic E-state index is 13.3. The largest absolute Gasteiger partial charge is 0.375 e. The van der Waals surface area contributed by atoms with Gasteiger partial charge in [-0.25, -0.2) is 4.79 Å². The Kier molecular flexibility index (Phi) is 8.47. The number of anilines is 2. The van der Waals surface area contributed by atoms with Crippen molar-refractivity contribution in [2.75, 3.05) is 30.4 Å². The monoisotopic (exact) mass is 486 g/mol. The van der Waals surface area contributed by atoms with E-state index < -0.39 is 0 Å². The Hall–Kier alpha value is -3.70. The van der Waals surface area contributed by atoms with Gasteiger partial charge in [0.15, 0.2) is 0 Å². The van der Waals surface area contributed by atoms with E-state index in [4.69, 9.17) is 11.6 Å². The van der Waals surface area contributed by atoms with Crippen molar-refractivity contribution in [3.63, 3.8) is 0 Å². The summed E-state index contributed by atoms with van der Waals surface area (Å²) in [6.45, 7) is 2.74. The first-order chi connectivity index (χ1) is 17.1. The number of hydrogen-bond donors (Lipinski definition) is 1. The maximum Gasteiger partial charge on any atom is 0.322 e. The lowest BCUT2D eigenvalue weighted by Crippen LogP contribution is -2.37. The van der Waals surface area contributed by atoms with Crippen molar-refractivity contribution in [1.82, 2.24) is 9.47 Å². The predicted octanol–water partition coefficient (Wildman–Crippen LogP) is 6.75. The Bertz CT molecular complexity index is 1190. The molecule has 4 rings (SSSR count). The summed E-state index contributed by atoms with van der Waals surface area (Å²) in [4.78, 5) is 17.4. The number of para-hydroxylation sites is 2. The van der Waals surface area contributed by atoms with Gasteiger partial charge in [0.1, 0.15) is 0 Å². The van der Waals surface area contributed by atoms with Crippen molar-refractivity contribution in [2.45, 2.75) is 19.5 Å². The van der Waals surface area contributed by atoms with Crippen LogP contribution in [0.3, 0.4) is 0 Å². The molecule has 0 unspecified atom stereocenters. The zero-order valence-electron chi connectivity index (χ0n) is 20.0. The first kappa shape index (κ1) is 24.4. The van der Waals surface area contributed by atoms with Gasteiger partial charge in [0.2, 0.25) is 0 Å². The molecule has 6 heteroatoms. The second-order valence-corrected chi connectivity index (χ2v) is 9.02. The maximum absolute atomic E-state index is 13.3. The van der Waals surface area contributed by atoms with Crippen LogP contribution in [0.4, 0.5) is 16.2 Å². The minimum Gasteiger partial charge on any atom is -0.375 e. The minimum absolute atomic E-state index is 0.0993. The topological polar surface area (TPSA) is 40.5 Å². The van der Waals surface area contributed by atoms with Crippen LogP contribution in [0.25, 0.3) is 0 Å². The van der Waals surface area contributed by atoms with Crippen LogP contribution in [0.1, 0.15) is 17.7 Å². The van der Waals surface area contributed by atoms with Crippen molar-refractivity contribution in [1.29, 1.82) is 0 Å². The number of halogens is 1. The molecule has 180 valence electrons. The third-order valence-corrected chi connectivity index (χ3v) is 6.23. The number of nitrogens with one attached hydrogen (secondary N) is 1. The van der Waals surface area contributed by atoms with E-state index in [1.165, 1.54) is 5.69 Å². The van der Waals surface area contributed by atoms with E-state index >= 15 is 0 Å². The molecule has 1 N–H and O–H groups in total. The van der Waals surface area contributed by atoms with E-state index in [-0.39, 0.29) is 6.03 Å². The summed E-state index contributed by atoms with van der Waals surface area (Å²) in [5, 5.41) is 3.78. The fraction of sp³-hybridized carbons (Fsp3) is 0.207. The van der Waals surface area contributed by atoms with Crippen LogP contribution in [0.2, 0.25) is 5.02 Å². The van der Waals surface area contributed by atoms with Gasteiger partial charge >= 0.3 is 6.03 Å². The molecular weight excluding hydrogens is 456 g/mol. The van der Waals surface area contributed by atoms with Gasteiger partial charge in [0, 0.05) is 55.0 Å². The highest BCUT2D eigenvalue weighted by atomic mass is 35.5. The van der Waals surface area contributed by atoms with Crippen LogP contribution in [-0.2, 0) is 13.1 Å². The van der Waals surface area contributed by atoms with E-state index in [0.717, 1.165) is 41.5 Å². The Morgan fingerprint density at radius 1 is 0.857 bits per heavy atom. The van der Waals surface area contributed by atoms with Gasteiger partial charge in [0.25, 0.3) is 0 Å². The van der Waals surface area contributed by atoms with Crippen LogP contribution < -0.4 is 10.2 Å². The molecule has 4 aromatic rings. The molecule has 0 aliphatic heterocycles. The van der Waals surface area contributed by atoms with Crippen molar-refractivity contribution in [3.8, 4) is 0 Å². The van der Waals surface area contributed by atoms with Gasteiger partial charge < -0.3 is 19.7 Å². The quantitative estimate of drug-likeness (QED) is 0.269. The van der Waals surface area contributed by atoms with Gasteiger partial charge in [-0.1, -0.05) is 60.1 Å². The summed E-state index contributed by atoms with van der Waals surface area (Å²) in [5.74, 6) is 0. The molecule has 3 aromatic carbocycles. The summed E-state index contributed by atoms with van der Waals surface area (Å²) >= 11 is 6.04. The summed E-state index contributed by atoms with van der Waals surface area (Å²) < 4.78 is 2.18. The standard InChI is InChI=1S/C29H31ClN4O/c1-32(27-12-6-3-7-13-27)19-9-21-34(29(35)31-26-10-4-2-5-11-26)23-28-14-8-20-33(28)22-24-15-17-25(30)18-16-24/h2-8,10-18,20H,9,19,21-23H2,1H3,(H,31,35). The highest BCUT2D eigenvalue weighted by Gasteiger charge is 2.16. The zero-order valence-corrected chi connectivity index (χ0v) is 20.7. The summed E-state index contributed by atoms with van der Waals surface area (Å²) in [7, 11) is 2.08. The molecule has 0 bridgehead atoms. The molecule has 0 saturated carbocycles. The van der Waals surface area contributed by atoms with Gasteiger partial charge in [-0.05, 0) is 60.5 Å². The Morgan fingerprint density at radius 3 is 2.26 bits per heavy atom. The van der Waals surface area contributed by atoms with Gasteiger partial charge in [-0.15, -0.1) is 0 Å². The molecule has 0 spiro atoms. The first-order valence-corrected chi connectivity index (χ1v) is 12.2. The first-order valence-electron chi connectivity index (χ1n) is 11.8. The van der Waals surface area contributed by atoms with E-state index in [0.29, 0.717) is 13.1 Å². The second-order valence-electron chi connectivity index (χ2n) is 8.58. The Labute approximate surface area is 212 Å². The number of hydrogen-bond acceptors (Lipinski definition) is 2. The fourth-order valence-electron chi connectivity index (χ4n) is 4.02. The van der Waals surface area contributed by atoms with Crippen molar-refractivity contribution < 1.29 is 4.79 Å². The Balaban J connectivity index is 1.44. The minimum atomic E-state index is -0.0993. The SMILES string of the molecule is CN(CCCN(Cc1cccn1Cc1ccc(Cl)cc1)C(=O)Nc1ccccc1)c1ccccc1. The van der Waals surface area contributed by atoms with E-state index in [2.05, 4.69) is 46.2 Å². The zero-order chi connectivity index (χ0) is 24.5. The highest BCUT2D eigenvalue weighted by molar-refractivity contribution is 6.30. The molecule has 1 aromatic heterocycles. The lowest BCUT2D eigenvalue weighted by atomic mass is 10.2. The number of benzene rings is 3. The molecule has 35 heavy (non-hydrogen) atoms. The number of urea groups is 1. The van der Waals surface area contributed by atoms with Crippen LogP contribution >= 0.6 is 11.6 Å². The third kappa shape index (κ3) is 7.14. The average molecular weight is 487 g/mol. The average Bonchev–Trinajstić information content (AvgIpc) is 3.32. The molecule has 2 amide bonds. The van der Waals surface area contributed by atoms with E-state index in [1.54, 1.807) is 0 Å². The normalized spacial score (nSPS) is 10.7. The summed E-state index contributed by atoms with van der Waals surface area (Å²) in [6, 6.07) is 31.8. The predicted molar refractivity (Wildman–Crippen MR) is 145 cm³/mol. The number of rotatable bonds is 10. The molecule has 0 fully saturated rings. The van der Waals surface area contributed by atoms with E-state index in [1.807, 2.05) is 83.8 Å². The highest BCUT2D eigenvalue weighted by Crippen LogP contribution is 2.16. The van der Waals surface area contributed by atoms with Crippen LogP contribution in [0.15, 0.2) is 103 Å². The summed E-state index contributed by atoms with van der Waals surface area (Å²) in [6.07, 6.45) is 2.91. The lowest BCUT2D eigenvalue weighted by Gasteiger charge is -2.26. The fourth-order valence-corrected chi connectivity index (χ4v) is 4.14. The molecular formula is C29H31ClN4O. The molecule has 0 aliphatic rings. The van der Waals surface area contributed by atoms with Gasteiger partial charge in [0.05, 0.1) is 6.54 Å². The van der Waals surface area contributed by atoms with Crippen molar-refractivity contribution >= 4 is 29.0 Å². The van der Waals surface area contributed by atoms with Crippen LogP contribution in [0.5, 0.6) is 0 Å². The molecule has 0 atom stereocenters. The Morgan fingerprint density at radius 2 is 1.54 bits per heavy atom. The van der Waals surface area contributed by atoms with Crippen LogP contribution in [-0.4, -0.2) is 35.6 Å². The molecule has 1 heterocycles. The number of aromatic nitrogens is 1. The molecule has 0 aliphatic carbocycles. The number of amides is 2. The van der Waals surface area contributed by atoms with Gasteiger partial charge in [-0.2, -0.15) is 0 Å². The van der Waals surface area contributed by atoms with Crippen molar-refractivity contribution in [3.05, 3.63) is 120 Å². The smallest absolute Gasteiger partial charge is 0.322 e. The summed E-state index contributed by atoms with van der Waals surface area (Å²) in [5.41, 5.74) is 4.21. The molecule has 5 nitrogen and oxygen atoms in total. The van der Waals surface area contributed by atoms with E-state index in [9.17, 15) is 4.79 Å².